The Morgan fingerprint density at radius 1 is 1.39 bits per heavy atom. The zero-order chi connectivity index (χ0) is 13.5. The van der Waals surface area contributed by atoms with Crippen molar-refractivity contribution in [3.63, 3.8) is 0 Å². The number of nitro benzene ring substituents is 1. The second-order valence-corrected chi connectivity index (χ2v) is 4.52. The molecule has 6 heteroatoms. The van der Waals surface area contributed by atoms with Crippen molar-refractivity contribution in [2.24, 2.45) is 0 Å². The first-order chi connectivity index (χ1) is 8.54. The molecule has 0 unspecified atom stereocenters. The molecule has 5 nitrogen and oxygen atoms in total. The van der Waals surface area contributed by atoms with Crippen molar-refractivity contribution in [2.45, 2.75) is 25.3 Å². The lowest BCUT2D eigenvalue weighted by atomic mass is 10.2. The number of ether oxygens (including phenoxy) is 2. The highest BCUT2D eigenvalue weighted by Gasteiger charge is 2.15. The SMILES string of the molecule is CC(C)OCCOc1ccc(CBr)cc1[N+](=O)[O-]. The molecule has 1 rings (SSSR count). The molecule has 0 N–H and O–H groups in total. The molecule has 0 bridgehead atoms. The lowest BCUT2D eigenvalue weighted by Crippen LogP contribution is -2.11. The van der Waals surface area contributed by atoms with Gasteiger partial charge in [-0.1, -0.05) is 22.0 Å². The van der Waals surface area contributed by atoms with Crippen LogP contribution in [0.2, 0.25) is 0 Å². The van der Waals surface area contributed by atoms with Crippen LogP contribution in [0.3, 0.4) is 0 Å². The molecule has 100 valence electrons. The van der Waals surface area contributed by atoms with Crippen LogP contribution in [0, 0.1) is 10.1 Å². The van der Waals surface area contributed by atoms with Crippen LogP contribution < -0.4 is 4.74 Å². The second-order valence-electron chi connectivity index (χ2n) is 3.96. The van der Waals surface area contributed by atoms with E-state index in [-0.39, 0.29) is 17.5 Å². The molecular formula is C12H16BrNO4. The van der Waals surface area contributed by atoms with Gasteiger partial charge in [0.25, 0.3) is 0 Å². The van der Waals surface area contributed by atoms with Gasteiger partial charge in [0.1, 0.15) is 6.61 Å². The summed E-state index contributed by atoms with van der Waals surface area (Å²) < 4.78 is 10.7. The molecule has 0 aromatic heterocycles. The van der Waals surface area contributed by atoms with E-state index in [1.165, 1.54) is 6.07 Å². The zero-order valence-electron chi connectivity index (χ0n) is 10.4. The number of benzene rings is 1. The van der Waals surface area contributed by atoms with Gasteiger partial charge in [0.15, 0.2) is 5.75 Å². The summed E-state index contributed by atoms with van der Waals surface area (Å²) in [4.78, 5) is 10.5. The first-order valence-electron chi connectivity index (χ1n) is 5.62. The minimum atomic E-state index is -0.440. The normalized spacial score (nSPS) is 10.7. The van der Waals surface area contributed by atoms with Gasteiger partial charge in [-0.15, -0.1) is 0 Å². The van der Waals surface area contributed by atoms with E-state index in [4.69, 9.17) is 9.47 Å². The average Bonchev–Trinajstić information content (AvgIpc) is 2.34. The van der Waals surface area contributed by atoms with Gasteiger partial charge < -0.3 is 9.47 Å². The second kappa shape index (κ2) is 7.33. The van der Waals surface area contributed by atoms with E-state index in [1.54, 1.807) is 12.1 Å². The van der Waals surface area contributed by atoms with E-state index < -0.39 is 4.92 Å². The molecule has 1 aromatic carbocycles. The Morgan fingerprint density at radius 3 is 2.67 bits per heavy atom. The van der Waals surface area contributed by atoms with Crippen LogP contribution >= 0.6 is 15.9 Å². The summed E-state index contributed by atoms with van der Waals surface area (Å²) in [6.07, 6.45) is 0.124. The van der Waals surface area contributed by atoms with E-state index in [0.717, 1.165) is 5.56 Å². The van der Waals surface area contributed by atoms with Crippen LogP contribution in [0.5, 0.6) is 5.75 Å². The maximum Gasteiger partial charge on any atom is 0.311 e. The van der Waals surface area contributed by atoms with E-state index >= 15 is 0 Å². The minimum absolute atomic E-state index is 0.0171. The van der Waals surface area contributed by atoms with Gasteiger partial charge in [-0.05, 0) is 25.5 Å². The quantitative estimate of drug-likeness (QED) is 0.335. The Labute approximate surface area is 114 Å². The van der Waals surface area contributed by atoms with Gasteiger partial charge in [-0.25, -0.2) is 0 Å². The topological polar surface area (TPSA) is 61.6 Å². The van der Waals surface area contributed by atoms with E-state index in [0.29, 0.717) is 18.5 Å². The molecule has 0 heterocycles. The maximum atomic E-state index is 10.9. The van der Waals surface area contributed by atoms with Crippen LogP contribution in [0.4, 0.5) is 5.69 Å². The Morgan fingerprint density at radius 2 is 2.11 bits per heavy atom. The Hall–Kier alpha value is -1.14. The Kier molecular flexibility index (Phi) is 6.07. The van der Waals surface area contributed by atoms with Crippen molar-refractivity contribution in [2.75, 3.05) is 13.2 Å². The summed E-state index contributed by atoms with van der Waals surface area (Å²) in [6.45, 7) is 4.56. The smallest absolute Gasteiger partial charge is 0.311 e. The molecule has 0 aliphatic rings. The molecule has 0 saturated heterocycles. The summed E-state index contributed by atoms with van der Waals surface area (Å²) >= 11 is 3.26. The molecule has 0 saturated carbocycles. The first kappa shape index (κ1) is 14.9. The molecular weight excluding hydrogens is 302 g/mol. The van der Waals surface area contributed by atoms with Crippen molar-refractivity contribution in [1.82, 2.24) is 0 Å². The summed E-state index contributed by atoms with van der Waals surface area (Å²) in [7, 11) is 0. The fourth-order valence-electron chi connectivity index (χ4n) is 1.35. The zero-order valence-corrected chi connectivity index (χ0v) is 12.0. The molecule has 0 atom stereocenters. The van der Waals surface area contributed by atoms with Gasteiger partial charge in [0.05, 0.1) is 17.6 Å². The standard InChI is InChI=1S/C12H16BrNO4/c1-9(2)17-5-6-18-12-4-3-10(8-13)7-11(12)14(15)16/h3-4,7,9H,5-6,8H2,1-2H3. The molecule has 0 spiro atoms. The summed E-state index contributed by atoms with van der Waals surface area (Å²) in [6, 6.07) is 4.91. The third-order valence-corrected chi connectivity index (χ3v) is 2.81. The predicted octanol–water partition coefficient (Wildman–Crippen LogP) is 3.29. The molecule has 0 fully saturated rings. The van der Waals surface area contributed by atoms with Gasteiger partial charge in [-0.3, -0.25) is 10.1 Å². The fraction of sp³-hybridized carbons (Fsp3) is 0.500. The predicted molar refractivity (Wildman–Crippen MR) is 72.3 cm³/mol. The lowest BCUT2D eigenvalue weighted by molar-refractivity contribution is -0.385. The molecule has 1 aromatic rings. The molecule has 0 aliphatic carbocycles. The van der Waals surface area contributed by atoms with Crippen LogP contribution in [0.25, 0.3) is 0 Å². The monoisotopic (exact) mass is 317 g/mol. The summed E-state index contributed by atoms with van der Waals surface area (Å²) in [5.41, 5.74) is 0.823. The van der Waals surface area contributed by atoms with Crippen molar-refractivity contribution >= 4 is 21.6 Å². The first-order valence-corrected chi connectivity index (χ1v) is 6.74. The number of halogens is 1. The Bertz CT molecular complexity index is 409. The fourth-order valence-corrected chi connectivity index (χ4v) is 1.70. The largest absolute Gasteiger partial charge is 0.484 e. The molecule has 0 aliphatic heterocycles. The van der Waals surface area contributed by atoms with Gasteiger partial charge in [0, 0.05) is 11.4 Å². The van der Waals surface area contributed by atoms with E-state index in [1.807, 2.05) is 13.8 Å². The number of nitrogens with zero attached hydrogens (tertiary/aromatic N) is 1. The highest BCUT2D eigenvalue weighted by Crippen LogP contribution is 2.28. The van der Waals surface area contributed by atoms with Gasteiger partial charge >= 0.3 is 5.69 Å². The van der Waals surface area contributed by atoms with Crippen molar-refractivity contribution in [1.29, 1.82) is 0 Å². The van der Waals surface area contributed by atoms with Crippen LogP contribution in [-0.4, -0.2) is 24.2 Å². The minimum Gasteiger partial charge on any atom is -0.484 e. The highest BCUT2D eigenvalue weighted by molar-refractivity contribution is 9.08. The number of hydrogen-bond donors (Lipinski definition) is 0. The summed E-state index contributed by atoms with van der Waals surface area (Å²) in [5.74, 6) is 0.275. The average molecular weight is 318 g/mol. The van der Waals surface area contributed by atoms with Gasteiger partial charge in [-0.2, -0.15) is 0 Å². The lowest BCUT2D eigenvalue weighted by Gasteiger charge is -2.09. The number of rotatable bonds is 7. The molecule has 0 radical (unpaired) electrons. The van der Waals surface area contributed by atoms with E-state index in [9.17, 15) is 10.1 Å². The third-order valence-electron chi connectivity index (χ3n) is 2.17. The summed E-state index contributed by atoms with van der Waals surface area (Å²) in [5, 5.41) is 11.5. The van der Waals surface area contributed by atoms with Gasteiger partial charge in [0.2, 0.25) is 0 Å². The molecule has 0 amide bonds. The van der Waals surface area contributed by atoms with Crippen molar-refractivity contribution < 1.29 is 14.4 Å². The maximum absolute atomic E-state index is 10.9. The highest BCUT2D eigenvalue weighted by atomic mass is 79.9. The number of alkyl halides is 1. The van der Waals surface area contributed by atoms with E-state index in [2.05, 4.69) is 15.9 Å². The van der Waals surface area contributed by atoms with Crippen LogP contribution in [0.1, 0.15) is 19.4 Å². The van der Waals surface area contributed by atoms with Crippen molar-refractivity contribution in [3.05, 3.63) is 33.9 Å². The molecule has 18 heavy (non-hydrogen) atoms. The van der Waals surface area contributed by atoms with Crippen molar-refractivity contribution in [3.8, 4) is 5.75 Å². The Balaban J connectivity index is 2.67. The number of nitro groups is 1. The van der Waals surface area contributed by atoms with Crippen LogP contribution in [0.15, 0.2) is 18.2 Å². The third kappa shape index (κ3) is 4.62. The number of hydrogen-bond acceptors (Lipinski definition) is 4. The van der Waals surface area contributed by atoms with Crippen LogP contribution in [-0.2, 0) is 10.1 Å².